The molecule has 3 nitrogen and oxygen atoms in total. The second-order valence-electron chi connectivity index (χ2n) is 5.69. The minimum absolute atomic E-state index is 0.0541. The van der Waals surface area contributed by atoms with Crippen LogP contribution in [0.1, 0.15) is 32.3 Å². The number of rotatable bonds is 5. The number of alkyl halides is 3. The molecule has 118 valence electrons. The van der Waals surface area contributed by atoms with E-state index in [9.17, 15) is 21.6 Å². The average Bonchev–Trinajstić information content (AvgIpc) is 3.18. The van der Waals surface area contributed by atoms with E-state index in [4.69, 9.17) is 0 Å². The maximum absolute atomic E-state index is 13.0. The molecule has 1 saturated carbocycles. The van der Waals surface area contributed by atoms with Crippen LogP contribution in [0.5, 0.6) is 0 Å². The van der Waals surface area contributed by atoms with Gasteiger partial charge in [-0.05, 0) is 30.9 Å². The quantitative estimate of drug-likeness (QED) is 0.832. The van der Waals surface area contributed by atoms with E-state index in [1.807, 2.05) is 13.8 Å². The van der Waals surface area contributed by atoms with Crippen molar-refractivity contribution in [3.05, 3.63) is 29.8 Å². The first-order valence-electron chi connectivity index (χ1n) is 6.82. The maximum Gasteiger partial charge on any atom is 0.417 e. The van der Waals surface area contributed by atoms with Crippen LogP contribution < -0.4 is 0 Å². The number of sulfonamides is 1. The van der Waals surface area contributed by atoms with Crippen molar-refractivity contribution >= 4 is 10.0 Å². The highest BCUT2D eigenvalue weighted by atomic mass is 32.2. The molecule has 1 aromatic rings. The number of hydrogen-bond donors (Lipinski definition) is 0. The summed E-state index contributed by atoms with van der Waals surface area (Å²) in [7, 11) is -4.13. The van der Waals surface area contributed by atoms with Gasteiger partial charge < -0.3 is 0 Å². The Hall–Kier alpha value is -1.08. The molecule has 0 unspecified atom stereocenters. The van der Waals surface area contributed by atoms with Gasteiger partial charge in [0.15, 0.2) is 0 Å². The normalized spacial score (nSPS) is 16.7. The van der Waals surface area contributed by atoms with Crippen LogP contribution >= 0.6 is 0 Å². The lowest BCUT2D eigenvalue weighted by Crippen LogP contribution is -2.37. The van der Waals surface area contributed by atoms with Gasteiger partial charge in [0.05, 0.1) is 10.5 Å². The molecule has 0 atom stereocenters. The molecule has 2 rings (SSSR count). The summed E-state index contributed by atoms with van der Waals surface area (Å²) in [6.45, 7) is 3.93. The first kappa shape index (κ1) is 16.3. The Labute approximate surface area is 122 Å². The minimum Gasteiger partial charge on any atom is -0.207 e. The van der Waals surface area contributed by atoms with Crippen LogP contribution in [-0.4, -0.2) is 25.3 Å². The summed E-state index contributed by atoms with van der Waals surface area (Å²) < 4.78 is 65.6. The highest BCUT2D eigenvalue weighted by molar-refractivity contribution is 7.89. The second-order valence-corrected chi connectivity index (χ2v) is 7.55. The fourth-order valence-corrected chi connectivity index (χ4v) is 4.28. The third-order valence-electron chi connectivity index (χ3n) is 3.28. The molecule has 0 aliphatic heterocycles. The zero-order valence-corrected chi connectivity index (χ0v) is 12.7. The number of halogens is 3. The topological polar surface area (TPSA) is 37.4 Å². The fraction of sp³-hybridized carbons (Fsp3) is 0.571. The van der Waals surface area contributed by atoms with Crippen LogP contribution in [0.2, 0.25) is 0 Å². The third kappa shape index (κ3) is 3.58. The molecule has 21 heavy (non-hydrogen) atoms. The smallest absolute Gasteiger partial charge is 0.207 e. The standard InChI is InChI=1S/C14H18F3NO2S/c1-10(2)9-18(11-7-8-11)21(19,20)13-6-4-3-5-12(13)14(15,16)17/h3-6,10-11H,7-9H2,1-2H3. The predicted molar refractivity (Wildman–Crippen MR) is 73.2 cm³/mol. The fourth-order valence-electron chi connectivity index (χ4n) is 2.22. The van der Waals surface area contributed by atoms with Crippen molar-refractivity contribution in [2.75, 3.05) is 6.54 Å². The van der Waals surface area contributed by atoms with E-state index in [0.29, 0.717) is 12.8 Å². The van der Waals surface area contributed by atoms with Gasteiger partial charge in [-0.3, -0.25) is 0 Å². The molecule has 0 bridgehead atoms. The zero-order valence-electron chi connectivity index (χ0n) is 11.9. The minimum atomic E-state index is -4.68. The van der Waals surface area contributed by atoms with E-state index in [2.05, 4.69) is 0 Å². The van der Waals surface area contributed by atoms with Gasteiger partial charge in [-0.1, -0.05) is 26.0 Å². The molecule has 1 aromatic carbocycles. The van der Waals surface area contributed by atoms with Gasteiger partial charge >= 0.3 is 6.18 Å². The SMILES string of the molecule is CC(C)CN(C1CC1)S(=O)(=O)c1ccccc1C(F)(F)F. The molecular weight excluding hydrogens is 303 g/mol. The van der Waals surface area contributed by atoms with Crippen LogP contribution in [0.25, 0.3) is 0 Å². The number of hydrogen-bond acceptors (Lipinski definition) is 2. The van der Waals surface area contributed by atoms with Crippen LogP contribution in [-0.2, 0) is 16.2 Å². The lowest BCUT2D eigenvalue weighted by molar-refractivity contribution is -0.139. The van der Waals surface area contributed by atoms with Gasteiger partial charge in [0, 0.05) is 12.6 Å². The molecule has 0 aromatic heterocycles. The van der Waals surface area contributed by atoms with E-state index in [1.54, 1.807) is 0 Å². The summed E-state index contributed by atoms with van der Waals surface area (Å²) in [4.78, 5) is -0.648. The van der Waals surface area contributed by atoms with Gasteiger partial charge in [0.25, 0.3) is 0 Å². The van der Waals surface area contributed by atoms with Crippen LogP contribution in [0, 0.1) is 5.92 Å². The van der Waals surface area contributed by atoms with Crippen LogP contribution in [0.3, 0.4) is 0 Å². The number of benzene rings is 1. The first-order valence-corrected chi connectivity index (χ1v) is 8.26. The highest BCUT2D eigenvalue weighted by Crippen LogP contribution is 2.38. The largest absolute Gasteiger partial charge is 0.417 e. The van der Waals surface area contributed by atoms with Crippen molar-refractivity contribution in [1.29, 1.82) is 0 Å². The highest BCUT2D eigenvalue weighted by Gasteiger charge is 2.43. The van der Waals surface area contributed by atoms with E-state index in [0.717, 1.165) is 12.1 Å². The molecule has 0 N–H and O–H groups in total. The van der Waals surface area contributed by atoms with Gasteiger partial charge in [-0.2, -0.15) is 17.5 Å². The van der Waals surface area contributed by atoms with Crippen molar-refractivity contribution in [3.8, 4) is 0 Å². The van der Waals surface area contributed by atoms with Crippen molar-refractivity contribution in [3.63, 3.8) is 0 Å². The third-order valence-corrected chi connectivity index (χ3v) is 5.25. The van der Waals surface area contributed by atoms with Gasteiger partial charge in [-0.15, -0.1) is 0 Å². The zero-order chi connectivity index (χ0) is 15.8. The monoisotopic (exact) mass is 321 g/mol. The Morgan fingerprint density at radius 2 is 1.81 bits per heavy atom. The van der Waals surface area contributed by atoms with Crippen molar-refractivity contribution < 1.29 is 21.6 Å². The maximum atomic E-state index is 13.0. The number of nitrogens with zero attached hydrogens (tertiary/aromatic N) is 1. The molecule has 7 heteroatoms. The molecule has 0 spiro atoms. The van der Waals surface area contributed by atoms with E-state index in [-0.39, 0.29) is 18.5 Å². The summed E-state index contributed by atoms with van der Waals surface area (Å²) in [5.41, 5.74) is -1.10. The summed E-state index contributed by atoms with van der Waals surface area (Å²) in [5, 5.41) is 0. The van der Waals surface area contributed by atoms with Gasteiger partial charge in [0.2, 0.25) is 10.0 Å². The molecular formula is C14H18F3NO2S. The van der Waals surface area contributed by atoms with Crippen LogP contribution in [0.15, 0.2) is 29.2 Å². The average molecular weight is 321 g/mol. The lowest BCUT2D eigenvalue weighted by atomic mass is 10.2. The molecule has 1 aliphatic carbocycles. The van der Waals surface area contributed by atoms with Gasteiger partial charge in [0.1, 0.15) is 0 Å². The Balaban J connectivity index is 2.48. The molecule has 0 heterocycles. The van der Waals surface area contributed by atoms with E-state index in [1.165, 1.54) is 16.4 Å². The summed E-state index contributed by atoms with van der Waals surface area (Å²) in [6, 6.07) is 4.20. The first-order chi connectivity index (χ1) is 9.64. The van der Waals surface area contributed by atoms with Gasteiger partial charge in [-0.25, -0.2) is 8.42 Å². The Morgan fingerprint density at radius 3 is 2.29 bits per heavy atom. The van der Waals surface area contributed by atoms with Crippen molar-refractivity contribution in [2.24, 2.45) is 5.92 Å². The molecule has 0 radical (unpaired) electrons. The Kier molecular flexibility index (Phi) is 4.35. The molecule has 0 saturated heterocycles. The Bertz CT molecular complexity index is 607. The van der Waals surface area contributed by atoms with Crippen molar-refractivity contribution in [1.82, 2.24) is 4.31 Å². The van der Waals surface area contributed by atoms with Crippen molar-refractivity contribution in [2.45, 2.75) is 43.8 Å². The Morgan fingerprint density at radius 1 is 1.24 bits per heavy atom. The van der Waals surface area contributed by atoms with Crippen LogP contribution in [0.4, 0.5) is 13.2 Å². The predicted octanol–water partition coefficient (Wildman–Crippen LogP) is 3.51. The second kappa shape index (κ2) is 5.61. The van der Waals surface area contributed by atoms with E-state index >= 15 is 0 Å². The molecule has 1 fully saturated rings. The molecule has 1 aliphatic rings. The van der Waals surface area contributed by atoms with E-state index < -0.39 is 26.7 Å². The summed E-state index contributed by atoms with van der Waals surface area (Å²) in [6.07, 6.45) is -3.27. The summed E-state index contributed by atoms with van der Waals surface area (Å²) >= 11 is 0. The molecule has 0 amide bonds. The lowest BCUT2D eigenvalue weighted by Gasteiger charge is -2.25. The summed E-state index contributed by atoms with van der Waals surface area (Å²) in [5.74, 6) is 0.0541.